The summed E-state index contributed by atoms with van der Waals surface area (Å²) in [5, 5.41) is 15.2. The van der Waals surface area contributed by atoms with E-state index in [1.807, 2.05) is 36.2 Å². The number of nitrogens with one attached hydrogen (secondary N) is 1. The number of aryl methyl sites for hydroxylation is 2. The molecule has 2 heterocycles. The molecule has 0 unspecified atom stereocenters. The van der Waals surface area contributed by atoms with E-state index in [1.165, 1.54) is 0 Å². The first-order valence-electron chi connectivity index (χ1n) is 7.08. The fourth-order valence-corrected chi connectivity index (χ4v) is 3.24. The van der Waals surface area contributed by atoms with Crippen molar-refractivity contribution >= 4 is 17.2 Å². The van der Waals surface area contributed by atoms with Crippen molar-refractivity contribution in [2.75, 3.05) is 6.54 Å². The maximum atomic E-state index is 12.2. The van der Waals surface area contributed by atoms with Gasteiger partial charge in [0, 0.05) is 30.7 Å². The van der Waals surface area contributed by atoms with Gasteiger partial charge in [0.15, 0.2) is 0 Å². The molecular weight excluding hydrogens is 286 g/mol. The lowest BCUT2D eigenvalue weighted by Gasteiger charge is -2.31. The lowest BCUT2D eigenvalue weighted by atomic mass is 9.82. The van der Waals surface area contributed by atoms with Crippen LogP contribution >= 0.6 is 11.3 Å². The van der Waals surface area contributed by atoms with Crippen LogP contribution < -0.4 is 5.32 Å². The van der Waals surface area contributed by atoms with Gasteiger partial charge in [-0.05, 0) is 31.7 Å². The van der Waals surface area contributed by atoms with Crippen molar-refractivity contribution in [2.24, 2.45) is 13.0 Å². The summed E-state index contributed by atoms with van der Waals surface area (Å²) in [4.78, 5) is 16.7. The zero-order valence-electron chi connectivity index (χ0n) is 12.2. The lowest BCUT2D eigenvalue weighted by molar-refractivity contribution is 0.0419. The number of hydrogen-bond acceptors (Lipinski definition) is 4. The van der Waals surface area contributed by atoms with Gasteiger partial charge in [-0.25, -0.2) is 4.98 Å². The number of aromatic nitrogens is 2. The average molecular weight is 305 g/mol. The molecule has 1 aliphatic carbocycles. The summed E-state index contributed by atoms with van der Waals surface area (Å²) in [6.07, 6.45) is 3.32. The van der Waals surface area contributed by atoms with Crippen LogP contribution in [0.1, 0.15) is 28.3 Å². The minimum atomic E-state index is -0.179. The van der Waals surface area contributed by atoms with Gasteiger partial charge in [-0.3, -0.25) is 4.79 Å². The molecule has 2 aromatic rings. The largest absolute Gasteiger partial charge is 0.393 e. The molecule has 3 rings (SSSR count). The molecule has 1 saturated carbocycles. The van der Waals surface area contributed by atoms with Crippen LogP contribution in [0.2, 0.25) is 0 Å². The molecule has 0 spiro atoms. The van der Waals surface area contributed by atoms with Crippen molar-refractivity contribution in [3.63, 3.8) is 0 Å². The Balaban J connectivity index is 1.67. The van der Waals surface area contributed by atoms with Gasteiger partial charge in [0.1, 0.15) is 5.69 Å². The number of carbonyl (C=O) groups excluding carboxylic acids is 1. The maximum Gasteiger partial charge on any atom is 0.267 e. The molecule has 1 amide bonds. The van der Waals surface area contributed by atoms with Crippen LogP contribution in [-0.4, -0.2) is 33.2 Å². The Kier molecular flexibility index (Phi) is 3.82. The van der Waals surface area contributed by atoms with E-state index in [9.17, 15) is 9.90 Å². The summed E-state index contributed by atoms with van der Waals surface area (Å²) >= 11 is 1.60. The van der Waals surface area contributed by atoms with Crippen LogP contribution in [0.5, 0.6) is 0 Å². The summed E-state index contributed by atoms with van der Waals surface area (Å²) in [7, 11) is 1.87. The minimum absolute atomic E-state index is 0.0721. The second kappa shape index (κ2) is 5.61. The topological polar surface area (TPSA) is 67.2 Å². The Morgan fingerprint density at radius 1 is 1.57 bits per heavy atom. The third-order valence-corrected chi connectivity index (χ3v) is 4.69. The summed E-state index contributed by atoms with van der Waals surface area (Å²) in [6, 6.07) is 1.87. The number of hydrogen-bond donors (Lipinski definition) is 2. The third kappa shape index (κ3) is 3.01. The molecule has 1 aliphatic rings. The van der Waals surface area contributed by atoms with Crippen LogP contribution in [0.15, 0.2) is 17.6 Å². The van der Waals surface area contributed by atoms with E-state index in [4.69, 9.17) is 0 Å². The molecule has 5 nitrogen and oxygen atoms in total. The first-order valence-corrected chi connectivity index (χ1v) is 7.96. The number of carbonyl (C=O) groups is 1. The number of rotatable bonds is 4. The van der Waals surface area contributed by atoms with Gasteiger partial charge in [-0.1, -0.05) is 0 Å². The lowest BCUT2D eigenvalue weighted by Crippen LogP contribution is -2.38. The molecule has 0 atom stereocenters. The molecular formula is C15H19N3O2S. The molecule has 0 aliphatic heterocycles. The zero-order valence-corrected chi connectivity index (χ0v) is 13.0. The maximum absolute atomic E-state index is 12.2. The normalized spacial score (nSPS) is 21.1. The van der Waals surface area contributed by atoms with E-state index in [1.54, 1.807) is 11.3 Å². The monoisotopic (exact) mass is 305 g/mol. The second-order valence-electron chi connectivity index (χ2n) is 5.68. The minimum Gasteiger partial charge on any atom is -0.393 e. The molecule has 0 aromatic carbocycles. The number of thiazole rings is 1. The third-order valence-electron chi connectivity index (χ3n) is 3.91. The molecule has 2 aromatic heterocycles. The van der Waals surface area contributed by atoms with Crippen molar-refractivity contribution in [3.05, 3.63) is 28.3 Å². The number of aliphatic hydroxyl groups excluding tert-OH is 1. The Hall–Kier alpha value is -1.66. The Bertz CT molecular complexity index is 656. The molecule has 0 bridgehead atoms. The number of amides is 1. The van der Waals surface area contributed by atoms with E-state index in [0.717, 1.165) is 29.1 Å². The highest BCUT2D eigenvalue weighted by atomic mass is 32.1. The van der Waals surface area contributed by atoms with Gasteiger partial charge >= 0.3 is 0 Å². The molecule has 2 N–H and O–H groups in total. The van der Waals surface area contributed by atoms with Crippen LogP contribution in [0.4, 0.5) is 0 Å². The van der Waals surface area contributed by atoms with Crippen molar-refractivity contribution in [1.29, 1.82) is 0 Å². The fourth-order valence-electron chi connectivity index (χ4n) is 2.62. The Morgan fingerprint density at radius 3 is 2.95 bits per heavy atom. The van der Waals surface area contributed by atoms with Gasteiger partial charge in [-0.15, -0.1) is 11.3 Å². The molecule has 21 heavy (non-hydrogen) atoms. The zero-order chi connectivity index (χ0) is 15.0. The highest BCUT2D eigenvalue weighted by Crippen LogP contribution is 2.26. The van der Waals surface area contributed by atoms with E-state index >= 15 is 0 Å². The van der Waals surface area contributed by atoms with Crippen molar-refractivity contribution < 1.29 is 9.90 Å². The predicted molar refractivity (Wildman–Crippen MR) is 82.3 cm³/mol. The first-order chi connectivity index (χ1) is 10.0. The standard InChI is InChI=1S/C15H19N3O2S/c1-9-17-13(8-21-9)11-5-14(18(2)7-11)15(20)16-6-10-3-12(19)4-10/h5,7-8,10,12,19H,3-4,6H2,1-2H3,(H,16,20). The summed E-state index contributed by atoms with van der Waals surface area (Å²) in [6.45, 7) is 2.60. The predicted octanol–water partition coefficient (Wildman–Crippen LogP) is 1.96. The van der Waals surface area contributed by atoms with E-state index in [2.05, 4.69) is 10.3 Å². The van der Waals surface area contributed by atoms with Crippen molar-refractivity contribution in [3.8, 4) is 11.3 Å². The van der Waals surface area contributed by atoms with E-state index in [-0.39, 0.29) is 12.0 Å². The second-order valence-corrected chi connectivity index (χ2v) is 6.74. The van der Waals surface area contributed by atoms with Crippen LogP contribution in [0, 0.1) is 12.8 Å². The van der Waals surface area contributed by atoms with Crippen LogP contribution in [0.25, 0.3) is 11.3 Å². The quantitative estimate of drug-likeness (QED) is 0.907. The molecule has 112 valence electrons. The smallest absolute Gasteiger partial charge is 0.267 e. The molecule has 1 fully saturated rings. The van der Waals surface area contributed by atoms with Gasteiger partial charge in [0.25, 0.3) is 5.91 Å². The first kappa shape index (κ1) is 14.3. The summed E-state index contributed by atoms with van der Waals surface area (Å²) in [5.41, 5.74) is 2.51. The highest BCUT2D eigenvalue weighted by Gasteiger charge is 2.27. The number of aliphatic hydroxyl groups is 1. The summed E-state index contributed by atoms with van der Waals surface area (Å²) < 4.78 is 1.83. The fraction of sp³-hybridized carbons (Fsp3) is 0.467. The van der Waals surface area contributed by atoms with E-state index < -0.39 is 0 Å². The van der Waals surface area contributed by atoms with Gasteiger partial charge in [-0.2, -0.15) is 0 Å². The van der Waals surface area contributed by atoms with Crippen LogP contribution in [-0.2, 0) is 7.05 Å². The van der Waals surface area contributed by atoms with Gasteiger partial charge in [0.2, 0.25) is 0 Å². The molecule has 6 heteroatoms. The average Bonchev–Trinajstić information content (AvgIpc) is 2.99. The highest BCUT2D eigenvalue weighted by molar-refractivity contribution is 7.09. The van der Waals surface area contributed by atoms with Gasteiger partial charge < -0.3 is 15.0 Å². The SMILES string of the molecule is Cc1nc(-c2cc(C(=O)NCC3CC(O)C3)n(C)c2)cs1. The molecule has 0 radical (unpaired) electrons. The van der Waals surface area contributed by atoms with Crippen molar-refractivity contribution in [2.45, 2.75) is 25.9 Å². The molecule has 0 saturated heterocycles. The van der Waals surface area contributed by atoms with Gasteiger partial charge in [0.05, 0.1) is 16.8 Å². The van der Waals surface area contributed by atoms with Crippen LogP contribution in [0.3, 0.4) is 0 Å². The summed E-state index contributed by atoms with van der Waals surface area (Å²) in [5.74, 6) is 0.335. The Labute approximate surface area is 127 Å². The van der Waals surface area contributed by atoms with Crippen molar-refractivity contribution in [1.82, 2.24) is 14.9 Å². The Morgan fingerprint density at radius 2 is 2.33 bits per heavy atom. The number of nitrogens with zero attached hydrogens (tertiary/aromatic N) is 2. The van der Waals surface area contributed by atoms with E-state index in [0.29, 0.717) is 18.2 Å².